The fraction of sp³-hybridized carbons (Fsp3) is 0.250. The Morgan fingerprint density at radius 3 is 2.36 bits per heavy atom. The van der Waals surface area contributed by atoms with Crippen LogP contribution in [0.2, 0.25) is 0 Å². The van der Waals surface area contributed by atoms with Crippen molar-refractivity contribution in [2.75, 3.05) is 11.4 Å². The van der Waals surface area contributed by atoms with Gasteiger partial charge in [0.15, 0.2) is 0 Å². The van der Waals surface area contributed by atoms with E-state index in [-0.39, 0.29) is 0 Å². The predicted octanol–water partition coefficient (Wildman–Crippen LogP) is 6.29. The number of anilines is 2. The van der Waals surface area contributed by atoms with E-state index >= 15 is 0 Å². The van der Waals surface area contributed by atoms with Gasteiger partial charge in [-0.05, 0) is 72.7 Å². The highest BCUT2D eigenvalue weighted by atomic mass is 15.1. The van der Waals surface area contributed by atoms with Gasteiger partial charge in [0.1, 0.15) is 0 Å². The lowest BCUT2D eigenvalue weighted by atomic mass is 9.98. The van der Waals surface area contributed by atoms with E-state index in [0.29, 0.717) is 0 Å². The molecule has 0 saturated heterocycles. The second-order valence-electron chi connectivity index (χ2n) is 6.85. The maximum absolute atomic E-state index is 2.44. The number of fused-ring (bicyclic) bond motifs is 3. The summed E-state index contributed by atoms with van der Waals surface area (Å²) < 4.78 is 0. The molecule has 126 valence electrons. The minimum absolute atomic E-state index is 0.961. The zero-order chi connectivity index (χ0) is 17.4. The molecule has 0 heterocycles. The summed E-state index contributed by atoms with van der Waals surface area (Å²) in [6.45, 7) is 7.64. The summed E-state index contributed by atoms with van der Waals surface area (Å²) in [6, 6.07) is 22.5. The Hall–Kier alpha value is -2.54. The standard InChI is InChI=1S/C24H25N/c1-4-18-11-13-20(14-12-18)25(5-2)23-15-10-17(3)22-16-19-8-6-7-9-21(19)24(22)23/h6-15H,4-5,16H2,1-3H3. The lowest BCUT2D eigenvalue weighted by molar-refractivity contribution is 1.02. The van der Waals surface area contributed by atoms with Gasteiger partial charge in [0.2, 0.25) is 0 Å². The van der Waals surface area contributed by atoms with Crippen molar-refractivity contribution in [3.8, 4) is 11.1 Å². The molecule has 0 atom stereocenters. The number of benzene rings is 3. The summed E-state index contributed by atoms with van der Waals surface area (Å²) in [5.74, 6) is 0. The van der Waals surface area contributed by atoms with Crippen molar-refractivity contribution in [3.05, 3.63) is 82.9 Å². The normalized spacial score (nSPS) is 12.0. The van der Waals surface area contributed by atoms with Crippen LogP contribution in [0.3, 0.4) is 0 Å². The molecule has 0 amide bonds. The van der Waals surface area contributed by atoms with Crippen LogP contribution in [0.1, 0.15) is 36.1 Å². The number of nitrogens with zero attached hydrogens (tertiary/aromatic N) is 1. The summed E-state index contributed by atoms with van der Waals surface area (Å²) in [6.07, 6.45) is 2.14. The number of rotatable bonds is 4. The summed E-state index contributed by atoms with van der Waals surface area (Å²) >= 11 is 0. The quantitative estimate of drug-likeness (QED) is 0.426. The third-order valence-corrected chi connectivity index (χ3v) is 5.44. The van der Waals surface area contributed by atoms with Crippen LogP contribution in [0.15, 0.2) is 60.7 Å². The average Bonchev–Trinajstić information content (AvgIpc) is 3.05. The molecule has 0 aromatic heterocycles. The Morgan fingerprint density at radius 2 is 1.64 bits per heavy atom. The summed E-state index contributed by atoms with van der Waals surface area (Å²) in [4.78, 5) is 2.44. The highest BCUT2D eigenvalue weighted by molar-refractivity contribution is 5.90. The minimum atomic E-state index is 0.961. The molecule has 1 aliphatic carbocycles. The van der Waals surface area contributed by atoms with E-state index in [2.05, 4.69) is 86.3 Å². The first-order valence-electron chi connectivity index (χ1n) is 9.30. The molecule has 0 N–H and O–H groups in total. The first kappa shape index (κ1) is 16.0. The number of hydrogen-bond acceptors (Lipinski definition) is 1. The number of aryl methyl sites for hydroxylation is 2. The molecule has 0 fully saturated rings. The van der Waals surface area contributed by atoms with E-state index in [9.17, 15) is 0 Å². The minimum Gasteiger partial charge on any atom is -0.341 e. The maximum Gasteiger partial charge on any atom is 0.0493 e. The van der Waals surface area contributed by atoms with Crippen LogP contribution < -0.4 is 4.90 Å². The second kappa shape index (κ2) is 6.40. The van der Waals surface area contributed by atoms with E-state index in [1.165, 1.54) is 44.8 Å². The Balaban J connectivity index is 1.87. The van der Waals surface area contributed by atoms with Crippen LogP contribution in [0.4, 0.5) is 11.4 Å². The lowest BCUT2D eigenvalue weighted by Gasteiger charge is -2.27. The number of hydrogen-bond donors (Lipinski definition) is 0. The van der Waals surface area contributed by atoms with Gasteiger partial charge in [0, 0.05) is 23.5 Å². The highest BCUT2D eigenvalue weighted by Crippen LogP contribution is 2.45. The van der Waals surface area contributed by atoms with Gasteiger partial charge < -0.3 is 4.90 Å². The van der Waals surface area contributed by atoms with Crippen molar-refractivity contribution < 1.29 is 0 Å². The molecule has 1 nitrogen and oxygen atoms in total. The van der Waals surface area contributed by atoms with Crippen LogP contribution in [-0.2, 0) is 12.8 Å². The Bertz CT molecular complexity index is 906. The fourth-order valence-electron chi connectivity index (χ4n) is 4.01. The molecule has 0 aliphatic heterocycles. The van der Waals surface area contributed by atoms with Crippen molar-refractivity contribution in [1.82, 2.24) is 0 Å². The van der Waals surface area contributed by atoms with Gasteiger partial charge in [-0.15, -0.1) is 0 Å². The van der Waals surface area contributed by atoms with Gasteiger partial charge in [-0.3, -0.25) is 0 Å². The third-order valence-electron chi connectivity index (χ3n) is 5.44. The largest absolute Gasteiger partial charge is 0.341 e. The van der Waals surface area contributed by atoms with Gasteiger partial charge in [-0.1, -0.05) is 49.4 Å². The van der Waals surface area contributed by atoms with Gasteiger partial charge in [0.05, 0.1) is 0 Å². The van der Waals surface area contributed by atoms with Crippen LogP contribution in [-0.4, -0.2) is 6.54 Å². The molecule has 0 bridgehead atoms. The predicted molar refractivity (Wildman–Crippen MR) is 108 cm³/mol. The molecule has 3 aromatic carbocycles. The van der Waals surface area contributed by atoms with Gasteiger partial charge in [-0.25, -0.2) is 0 Å². The summed E-state index contributed by atoms with van der Waals surface area (Å²) in [7, 11) is 0. The monoisotopic (exact) mass is 327 g/mol. The molecular formula is C24H25N. The molecule has 0 radical (unpaired) electrons. The Morgan fingerprint density at radius 1 is 0.880 bits per heavy atom. The van der Waals surface area contributed by atoms with Gasteiger partial charge >= 0.3 is 0 Å². The van der Waals surface area contributed by atoms with Crippen molar-refractivity contribution in [3.63, 3.8) is 0 Å². The molecule has 4 rings (SSSR count). The summed E-state index contributed by atoms with van der Waals surface area (Å²) in [5, 5.41) is 0. The molecule has 1 aliphatic rings. The molecule has 25 heavy (non-hydrogen) atoms. The fourth-order valence-corrected chi connectivity index (χ4v) is 4.01. The molecule has 1 heteroatoms. The summed E-state index contributed by atoms with van der Waals surface area (Å²) in [5.41, 5.74) is 11.2. The third kappa shape index (κ3) is 2.64. The van der Waals surface area contributed by atoms with Crippen molar-refractivity contribution in [2.45, 2.75) is 33.6 Å². The van der Waals surface area contributed by atoms with Gasteiger partial charge in [0.25, 0.3) is 0 Å². The van der Waals surface area contributed by atoms with Crippen molar-refractivity contribution >= 4 is 11.4 Å². The highest BCUT2D eigenvalue weighted by Gasteiger charge is 2.25. The van der Waals surface area contributed by atoms with Gasteiger partial charge in [-0.2, -0.15) is 0 Å². The van der Waals surface area contributed by atoms with Crippen LogP contribution in [0, 0.1) is 6.92 Å². The topological polar surface area (TPSA) is 3.24 Å². The van der Waals surface area contributed by atoms with Crippen LogP contribution in [0.25, 0.3) is 11.1 Å². The van der Waals surface area contributed by atoms with E-state index in [1.54, 1.807) is 0 Å². The van der Waals surface area contributed by atoms with E-state index in [1.807, 2.05) is 0 Å². The van der Waals surface area contributed by atoms with E-state index < -0.39 is 0 Å². The molecule has 0 unspecified atom stereocenters. The Kier molecular flexibility index (Phi) is 4.09. The van der Waals surface area contributed by atoms with E-state index in [4.69, 9.17) is 0 Å². The van der Waals surface area contributed by atoms with Crippen molar-refractivity contribution in [1.29, 1.82) is 0 Å². The molecule has 0 spiro atoms. The zero-order valence-corrected chi connectivity index (χ0v) is 15.3. The lowest BCUT2D eigenvalue weighted by Crippen LogP contribution is -2.17. The average molecular weight is 327 g/mol. The van der Waals surface area contributed by atoms with Crippen LogP contribution >= 0.6 is 0 Å². The molecular weight excluding hydrogens is 302 g/mol. The first-order valence-corrected chi connectivity index (χ1v) is 9.30. The van der Waals surface area contributed by atoms with Crippen molar-refractivity contribution in [2.24, 2.45) is 0 Å². The Labute approximate surface area is 150 Å². The smallest absolute Gasteiger partial charge is 0.0493 e. The second-order valence-corrected chi connectivity index (χ2v) is 6.85. The zero-order valence-electron chi connectivity index (χ0n) is 15.3. The molecule has 3 aromatic rings. The maximum atomic E-state index is 2.44. The first-order chi connectivity index (χ1) is 12.2. The molecule has 0 saturated carbocycles. The van der Waals surface area contributed by atoms with E-state index in [0.717, 1.165) is 19.4 Å². The SMILES string of the molecule is CCc1ccc(N(CC)c2ccc(C)c3c2-c2ccccc2C3)cc1. The van der Waals surface area contributed by atoms with Crippen LogP contribution in [0.5, 0.6) is 0 Å².